The summed E-state index contributed by atoms with van der Waals surface area (Å²) in [6.07, 6.45) is 2.21. The molecule has 0 spiro atoms. The first kappa shape index (κ1) is 15.6. The van der Waals surface area contributed by atoms with Gasteiger partial charge in [0.25, 0.3) is 0 Å². The SMILES string of the molecule is CCN1CCCc2nc3ccc(Cl)cc3c(-c3ccccc3)c2C1. The summed E-state index contributed by atoms with van der Waals surface area (Å²) in [7, 11) is 0. The van der Waals surface area contributed by atoms with Gasteiger partial charge >= 0.3 is 0 Å². The van der Waals surface area contributed by atoms with Gasteiger partial charge in [-0.2, -0.15) is 0 Å². The zero-order valence-electron chi connectivity index (χ0n) is 13.9. The Kier molecular flexibility index (Phi) is 4.26. The minimum absolute atomic E-state index is 0.766. The van der Waals surface area contributed by atoms with Gasteiger partial charge in [-0.3, -0.25) is 9.88 Å². The molecule has 0 aliphatic carbocycles. The molecular weight excluding hydrogens is 316 g/mol. The molecule has 1 aromatic heterocycles. The van der Waals surface area contributed by atoms with Crippen molar-refractivity contribution in [3.63, 3.8) is 0 Å². The molecule has 0 amide bonds. The maximum Gasteiger partial charge on any atom is 0.0712 e. The van der Waals surface area contributed by atoms with Crippen molar-refractivity contribution in [1.82, 2.24) is 9.88 Å². The van der Waals surface area contributed by atoms with Gasteiger partial charge in [0.15, 0.2) is 0 Å². The van der Waals surface area contributed by atoms with Crippen LogP contribution in [0.15, 0.2) is 48.5 Å². The third-order valence-corrected chi connectivity index (χ3v) is 5.15. The van der Waals surface area contributed by atoms with E-state index in [-0.39, 0.29) is 0 Å². The average molecular weight is 337 g/mol. The van der Waals surface area contributed by atoms with Crippen molar-refractivity contribution >= 4 is 22.5 Å². The number of rotatable bonds is 2. The summed E-state index contributed by atoms with van der Waals surface area (Å²) in [5.74, 6) is 0. The minimum atomic E-state index is 0.766. The Balaban J connectivity index is 2.04. The Morgan fingerprint density at radius 1 is 1.12 bits per heavy atom. The van der Waals surface area contributed by atoms with Crippen molar-refractivity contribution in [3.8, 4) is 11.1 Å². The largest absolute Gasteiger partial charge is 0.299 e. The Morgan fingerprint density at radius 2 is 1.96 bits per heavy atom. The van der Waals surface area contributed by atoms with E-state index in [0.29, 0.717) is 0 Å². The van der Waals surface area contributed by atoms with Crippen LogP contribution >= 0.6 is 11.6 Å². The summed E-state index contributed by atoms with van der Waals surface area (Å²) in [6, 6.07) is 16.7. The third-order valence-electron chi connectivity index (χ3n) is 4.91. The molecule has 0 atom stereocenters. The number of nitrogens with zero attached hydrogens (tertiary/aromatic N) is 2. The summed E-state index contributed by atoms with van der Waals surface area (Å²) < 4.78 is 0. The average Bonchev–Trinajstić information content (AvgIpc) is 2.82. The Morgan fingerprint density at radius 3 is 2.75 bits per heavy atom. The fourth-order valence-corrected chi connectivity index (χ4v) is 3.85. The molecular formula is C21H21ClN2. The van der Waals surface area contributed by atoms with Crippen LogP contribution in [0.3, 0.4) is 0 Å². The molecule has 0 unspecified atom stereocenters. The topological polar surface area (TPSA) is 16.1 Å². The standard InChI is InChI=1S/C21H21ClN2/c1-2-24-12-6-9-19-18(14-24)21(15-7-4-3-5-8-15)17-13-16(22)10-11-20(17)23-19/h3-5,7-8,10-11,13H,2,6,9,12,14H2,1H3. The number of benzene rings is 2. The van der Waals surface area contributed by atoms with E-state index in [1.54, 1.807) is 0 Å². The molecule has 3 heteroatoms. The van der Waals surface area contributed by atoms with E-state index >= 15 is 0 Å². The number of hydrogen-bond donors (Lipinski definition) is 0. The van der Waals surface area contributed by atoms with Crippen LogP contribution < -0.4 is 0 Å². The van der Waals surface area contributed by atoms with E-state index in [1.807, 2.05) is 12.1 Å². The predicted molar refractivity (Wildman–Crippen MR) is 101 cm³/mol. The lowest BCUT2D eigenvalue weighted by Crippen LogP contribution is -2.23. The Hall–Kier alpha value is -1.90. The number of hydrogen-bond acceptors (Lipinski definition) is 2. The normalized spacial score (nSPS) is 15.2. The molecule has 0 saturated carbocycles. The highest BCUT2D eigenvalue weighted by Crippen LogP contribution is 2.36. The van der Waals surface area contributed by atoms with Gasteiger partial charge in [-0.05, 0) is 60.8 Å². The smallest absolute Gasteiger partial charge is 0.0712 e. The van der Waals surface area contributed by atoms with Crippen molar-refractivity contribution in [3.05, 3.63) is 64.8 Å². The number of pyridine rings is 1. The maximum atomic E-state index is 6.31. The zero-order chi connectivity index (χ0) is 16.5. The van der Waals surface area contributed by atoms with Crippen molar-refractivity contribution < 1.29 is 0 Å². The molecule has 3 aromatic rings. The molecule has 2 aromatic carbocycles. The van der Waals surface area contributed by atoms with Gasteiger partial charge in [0.1, 0.15) is 0 Å². The van der Waals surface area contributed by atoms with Gasteiger partial charge in [-0.1, -0.05) is 48.9 Å². The Bertz CT molecular complexity index is 874. The number of halogens is 1. The van der Waals surface area contributed by atoms with E-state index < -0.39 is 0 Å². The number of aryl methyl sites for hydroxylation is 1. The molecule has 1 aliphatic heterocycles. The molecule has 0 N–H and O–H groups in total. The van der Waals surface area contributed by atoms with Crippen LogP contribution in [0.4, 0.5) is 0 Å². The molecule has 0 bridgehead atoms. The second-order valence-electron chi connectivity index (χ2n) is 6.41. The van der Waals surface area contributed by atoms with Gasteiger partial charge in [-0.25, -0.2) is 0 Å². The molecule has 4 rings (SSSR count). The number of fused-ring (bicyclic) bond motifs is 2. The van der Waals surface area contributed by atoms with E-state index in [4.69, 9.17) is 16.6 Å². The quantitative estimate of drug-likeness (QED) is 0.629. The molecule has 122 valence electrons. The van der Waals surface area contributed by atoms with Gasteiger partial charge in [-0.15, -0.1) is 0 Å². The molecule has 2 nitrogen and oxygen atoms in total. The van der Waals surface area contributed by atoms with Crippen molar-refractivity contribution in [1.29, 1.82) is 0 Å². The third kappa shape index (κ3) is 2.81. The molecule has 0 radical (unpaired) electrons. The van der Waals surface area contributed by atoms with Gasteiger partial charge in [0.05, 0.1) is 5.52 Å². The van der Waals surface area contributed by atoms with Gasteiger partial charge in [0, 0.05) is 22.6 Å². The maximum absolute atomic E-state index is 6.31. The molecule has 24 heavy (non-hydrogen) atoms. The van der Waals surface area contributed by atoms with E-state index in [2.05, 4.69) is 48.2 Å². The first-order chi connectivity index (χ1) is 11.8. The first-order valence-electron chi connectivity index (χ1n) is 8.65. The lowest BCUT2D eigenvalue weighted by molar-refractivity contribution is 0.285. The monoisotopic (exact) mass is 336 g/mol. The van der Waals surface area contributed by atoms with Crippen LogP contribution in [0.1, 0.15) is 24.6 Å². The summed E-state index contributed by atoms with van der Waals surface area (Å²) >= 11 is 6.31. The summed E-state index contributed by atoms with van der Waals surface area (Å²) in [4.78, 5) is 7.50. The Labute approximate surface area is 148 Å². The van der Waals surface area contributed by atoms with Gasteiger partial charge in [0.2, 0.25) is 0 Å². The second kappa shape index (κ2) is 6.54. The van der Waals surface area contributed by atoms with Crippen LogP contribution in [0.5, 0.6) is 0 Å². The highest BCUT2D eigenvalue weighted by atomic mass is 35.5. The molecule has 0 fully saturated rings. The zero-order valence-corrected chi connectivity index (χ0v) is 14.7. The highest BCUT2D eigenvalue weighted by Gasteiger charge is 2.21. The fraction of sp³-hybridized carbons (Fsp3) is 0.286. The lowest BCUT2D eigenvalue weighted by Gasteiger charge is -2.21. The van der Waals surface area contributed by atoms with Crippen LogP contribution in [0, 0.1) is 0 Å². The predicted octanol–water partition coefficient (Wildman–Crippen LogP) is 5.32. The van der Waals surface area contributed by atoms with Crippen molar-refractivity contribution in [2.75, 3.05) is 13.1 Å². The van der Waals surface area contributed by atoms with Crippen LogP contribution in [-0.4, -0.2) is 23.0 Å². The molecule has 0 saturated heterocycles. The molecule has 2 heterocycles. The number of aromatic nitrogens is 1. The molecule has 1 aliphatic rings. The summed E-state index contributed by atoms with van der Waals surface area (Å²) in [5.41, 5.74) is 6.22. The van der Waals surface area contributed by atoms with E-state index in [1.165, 1.54) is 28.8 Å². The second-order valence-corrected chi connectivity index (χ2v) is 6.85. The van der Waals surface area contributed by atoms with Crippen LogP contribution in [0.25, 0.3) is 22.0 Å². The van der Waals surface area contributed by atoms with Crippen molar-refractivity contribution in [2.45, 2.75) is 26.3 Å². The highest BCUT2D eigenvalue weighted by molar-refractivity contribution is 6.31. The minimum Gasteiger partial charge on any atom is -0.299 e. The van der Waals surface area contributed by atoms with Crippen LogP contribution in [-0.2, 0) is 13.0 Å². The lowest BCUT2D eigenvalue weighted by atomic mass is 9.93. The van der Waals surface area contributed by atoms with Crippen molar-refractivity contribution in [2.24, 2.45) is 0 Å². The summed E-state index contributed by atoms with van der Waals surface area (Å²) in [5, 5.41) is 1.92. The summed E-state index contributed by atoms with van der Waals surface area (Å²) in [6.45, 7) is 5.41. The van der Waals surface area contributed by atoms with Crippen LogP contribution in [0.2, 0.25) is 5.02 Å². The van der Waals surface area contributed by atoms with E-state index in [9.17, 15) is 0 Å². The first-order valence-corrected chi connectivity index (χ1v) is 9.03. The fourth-order valence-electron chi connectivity index (χ4n) is 3.68. The van der Waals surface area contributed by atoms with E-state index in [0.717, 1.165) is 42.0 Å². The van der Waals surface area contributed by atoms with Gasteiger partial charge < -0.3 is 0 Å².